The first-order valence-corrected chi connectivity index (χ1v) is 18.8. The van der Waals surface area contributed by atoms with Crippen molar-refractivity contribution in [3.8, 4) is 0 Å². The second-order valence-corrected chi connectivity index (χ2v) is 12.8. The summed E-state index contributed by atoms with van der Waals surface area (Å²) in [6.07, 6.45) is 35.8. The van der Waals surface area contributed by atoms with Crippen LogP contribution in [0.2, 0.25) is 0 Å². The van der Waals surface area contributed by atoms with E-state index in [2.05, 4.69) is 0 Å². The lowest BCUT2D eigenvalue weighted by molar-refractivity contribution is -0.138. The molecule has 0 atom stereocenters. The highest BCUT2D eigenvalue weighted by atomic mass is 16.4. The van der Waals surface area contributed by atoms with Gasteiger partial charge in [-0.3, -0.25) is 14.4 Å². The Hall–Kier alpha value is -1.47. The third-order valence-electron chi connectivity index (χ3n) is 8.35. The van der Waals surface area contributed by atoms with Gasteiger partial charge >= 0.3 is 11.9 Å². The molecule has 0 unspecified atom stereocenters. The molecule has 7 heteroatoms. The largest absolute Gasteiger partial charge is 0.481 e. The molecule has 0 aromatic heterocycles. The minimum Gasteiger partial charge on any atom is -0.481 e. The summed E-state index contributed by atoms with van der Waals surface area (Å²) in [7, 11) is 0. The highest BCUT2D eigenvalue weighted by molar-refractivity contribution is 5.78. The third-order valence-corrected chi connectivity index (χ3v) is 8.35. The fraction of sp³-hybridized carbons (Fsp3) is 0.919. The lowest BCUT2D eigenvalue weighted by atomic mass is 10.0. The van der Waals surface area contributed by atoms with Gasteiger partial charge in [-0.25, -0.2) is 0 Å². The number of ketones is 1. The Morgan fingerprint density at radius 3 is 0.682 bits per heavy atom. The summed E-state index contributed by atoms with van der Waals surface area (Å²) in [5, 5.41) is 17.0. The standard InChI is InChI=1S/C25H49NO3.C12H25NO2/c26-23-19-15-11-7-3-5-9-13-17-21-24(27)20-16-12-8-4-1-2-6-10-14-18-22-25(28)29;13-11-9-7-5-3-1-2-4-6-8-10-12(14)15/h1-23,26H2,(H,28,29);1-11,13H2,(H,14,15). The Balaban J connectivity index is 0. The van der Waals surface area contributed by atoms with Crippen molar-refractivity contribution in [3.63, 3.8) is 0 Å². The monoisotopic (exact) mass is 627 g/mol. The van der Waals surface area contributed by atoms with Crippen molar-refractivity contribution in [1.29, 1.82) is 0 Å². The number of carboxylic acids is 2. The molecule has 0 aromatic rings. The lowest BCUT2D eigenvalue weighted by Crippen LogP contribution is -1.98. The Bertz CT molecular complexity index is 615. The predicted octanol–water partition coefficient (Wildman–Crippen LogP) is 10.1. The van der Waals surface area contributed by atoms with E-state index in [9.17, 15) is 14.4 Å². The molecule has 6 N–H and O–H groups in total. The molecule has 44 heavy (non-hydrogen) atoms. The zero-order valence-corrected chi connectivity index (χ0v) is 28.8. The van der Waals surface area contributed by atoms with Crippen LogP contribution >= 0.6 is 0 Å². The summed E-state index contributed by atoms with van der Waals surface area (Å²) < 4.78 is 0. The summed E-state index contributed by atoms with van der Waals surface area (Å²) in [6.45, 7) is 1.64. The highest BCUT2D eigenvalue weighted by Crippen LogP contribution is 2.14. The molecular formula is C37H74N2O5. The number of Topliss-reactive ketones (excluding diaryl/α,β-unsaturated/α-hetero) is 1. The van der Waals surface area contributed by atoms with Crippen LogP contribution < -0.4 is 11.5 Å². The molecule has 262 valence electrons. The number of carboxylic acid groups (broad SMARTS) is 2. The second kappa shape index (κ2) is 39.6. The van der Waals surface area contributed by atoms with Gasteiger partial charge in [-0.2, -0.15) is 0 Å². The third kappa shape index (κ3) is 45.0. The van der Waals surface area contributed by atoms with Crippen LogP contribution in [-0.2, 0) is 14.4 Å². The molecule has 0 aromatic carbocycles. The first-order chi connectivity index (χ1) is 21.4. The van der Waals surface area contributed by atoms with Crippen molar-refractivity contribution < 1.29 is 24.6 Å². The fourth-order valence-corrected chi connectivity index (χ4v) is 5.50. The predicted molar refractivity (Wildman–Crippen MR) is 186 cm³/mol. The van der Waals surface area contributed by atoms with Gasteiger partial charge in [-0.15, -0.1) is 0 Å². The van der Waals surface area contributed by atoms with Crippen LogP contribution in [0.25, 0.3) is 0 Å². The van der Waals surface area contributed by atoms with E-state index in [-0.39, 0.29) is 0 Å². The van der Waals surface area contributed by atoms with Crippen LogP contribution in [0.1, 0.15) is 205 Å². The zero-order chi connectivity index (χ0) is 32.8. The molecule has 0 rings (SSSR count). The van der Waals surface area contributed by atoms with E-state index in [0.717, 1.165) is 77.3 Å². The summed E-state index contributed by atoms with van der Waals surface area (Å²) in [5.41, 5.74) is 10.9. The molecule has 0 radical (unpaired) electrons. The average Bonchev–Trinajstić information content (AvgIpc) is 2.99. The Morgan fingerprint density at radius 2 is 0.477 bits per heavy atom. The maximum absolute atomic E-state index is 11.9. The number of unbranched alkanes of at least 4 members (excludes halogenated alkanes) is 25. The Kier molecular flexibility index (Phi) is 40.1. The number of hydrogen-bond acceptors (Lipinski definition) is 5. The Labute approximate surface area is 272 Å². The molecule has 0 bridgehead atoms. The fourth-order valence-electron chi connectivity index (χ4n) is 5.50. The second-order valence-electron chi connectivity index (χ2n) is 12.8. The maximum Gasteiger partial charge on any atom is 0.303 e. The normalized spacial score (nSPS) is 10.9. The maximum atomic E-state index is 11.9. The molecule has 0 amide bonds. The number of carbonyl (C=O) groups is 3. The summed E-state index contributed by atoms with van der Waals surface area (Å²) in [4.78, 5) is 32.6. The first-order valence-electron chi connectivity index (χ1n) is 18.8. The smallest absolute Gasteiger partial charge is 0.303 e. The summed E-state index contributed by atoms with van der Waals surface area (Å²) in [6, 6.07) is 0. The molecule has 7 nitrogen and oxygen atoms in total. The molecule has 0 aliphatic rings. The molecular weight excluding hydrogens is 552 g/mol. The average molecular weight is 627 g/mol. The lowest BCUT2D eigenvalue weighted by Gasteiger charge is -2.04. The van der Waals surface area contributed by atoms with Gasteiger partial charge in [0.15, 0.2) is 0 Å². The van der Waals surface area contributed by atoms with E-state index < -0.39 is 11.9 Å². The number of carbonyl (C=O) groups excluding carboxylic acids is 1. The van der Waals surface area contributed by atoms with E-state index >= 15 is 0 Å². The quantitative estimate of drug-likeness (QED) is 0.0512. The van der Waals surface area contributed by atoms with Gasteiger partial charge in [0.1, 0.15) is 5.78 Å². The summed E-state index contributed by atoms with van der Waals surface area (Å²) in [5.74, 6) is -0.881. The number of hydrogen-bond donors (Lipinski definition) is 4. The molecule has 0 saturated carbocycles. The number of aliphatic carboxylic acids is 2. The molecule has 0 heterocycles. The van der Waals surface area contributed by atoms with Crippen molar-refractivity contribution in [2.45, 2.75) is 205 Å². The van der Waals surface area contributed by atoms with Crippen LogP contribution in [0.3, 0.4) is 0 Å². The summed E-state index contributed by atoms with van der Waals surface area (Å²) >= 11 is 0. The number of nitrogens with two attached hydrogens (primary N) is 2. The highest BCUT2D eigenvalue weighted by Gasteiger charge is 2.02. The van der Waals surface area contributed by atoms with E-state index in [4.69, 9.17) is 21.7 Å². The minimum atomic E-state index is -0.677. The van der Waals surface area contributed by atoms with Crippen LogP contribution in [0.4, 0.5) is 0 Å². The van der Waals surface area contributed by atoms with E-state index in [1.807, 2.05) is 0 Å². The van der Waals surface area contributed by atoms with Gasteiger partial charge in [-0.1, -0.05) is 141 Å². The number of rotatable bonds is 35. The van der Waals surface area contributed by atoms with Crippen molar-refractivity contribution in [3.05, 3.63) is 0 Å². The van der Waals surface area contributed by atoms with Crippen LogP contribution in [0.5, 0.6) is 0 Å². The topological polar surface area (TPSA) is 144 Å². The zero-order valence-electron chi connectivity index (χ0n) is 28.8. The Morgan fingerprint density at radius 1 is 0.295 bits per heavy atom. The molecule has 0 spiro atoms. The molecule has 0 fully saturated rings. The minimum absolute atomic E-state index is 0.314. The van der Waals surface area contributed by atoms with E-state index in [1.165, 1.54) is 128 Å². The van der Waals surface area contributed by atoms with Crippen LogP contribution in [0, 0.1) is 0 Å². The van der Waals surface area contributed by atoms with E-state index in [1.54, 1.807) is 0 Å². The van der Waals surface area contributed by atoms with Crippen molar-refractivity contribution in [2.24, 2.45) is 11.5 Å². The van der Waals surface area contributed by atoms with Crippen molar-refractivity contribution in [2.75, 3.05) is 13.1 Å². The van der Waals surface area contributed by atoms with Gasteiger partial charge < -0.3 is 21.7 Å². The van der Waals surface area contributed by atoms with Crippen molar-refractivity contribution >= 4 is 17.7 Å². The van der Waals surface area contributed by atoms with Crippen molar-refractivity contribution in [1.82, 2.24) is 0 Å². The van der Waals surface area contributed by atoms with Gasteiger partial charge in [0.05, 0.1) is 0 Å². The van der Waals surface area contributed by atoms with Gasteiger partial charge in [0.25, 0.3) is 0 Å². The molecule has 0 saturated heterocycles. The SMILES string of the molecule is NCCCCCCCCCCCC(=O)CCCCCCCCCCCCC(=O)O.NCCCCCCCCCCCC(=O)O. The first kappa shape index (κ1) is 44.7. The van der Waals surface area contributed by atoms with Gasteiger partial charge in [0, 0.05) is 25.7 Å². The van der Waals surface area contributed by atoms with Gasteiger partial charge in [-0.05, 0) is 51.6 Å². The van der Waals surface area contributed by atoms with Crippen LogP contribution in [0.15, 0.2) is 0 Å². The van der Waals surface area contributed by atoms with Crippen LogP contribution in [-0.4, -0.2) is 41.0 Å². The van der Waals surface area contributed by atoms with Gasteiger partial charge in [0.2, 0.25) is 0 Å². The van der Waals surface area contributed by atoms with E-state index in [0.29, 0.717) is 18.6 Å². The molecule has 0 aliphatic carbocycles. The molecule has 0 aliphatic heterocycles.